The third-order valence-electron chi connectivity index (χ3n) is 1.23. The largest absolute Gasteiger partial charge is 0.442 e. The van der Waals surface area contributed by atoms with Crippen molar-refractivity contribution < 1.29 is 18.0 Å². The summed E-state index contributed by atoms with van der Waals surface area (Å²) in [5.74, 6) is -1.35. The van der Waals surface area contributed by atoms with Gasteiger partial charge in [-0.1, -0.05) is 0 Å². The van der Waals surface area contributed by atoms with Crippen LogP contribution in [0.3, 0.4) is 0 Å². The van der Waals surface area contributed by atoms with Crippen molar-refractivity contribution in [2.45, 2.75) is 12.4 Å². The molecule has 0 aliphatic heterocycles. The molecule has 8 heteroatoms. The minimum absolute atomic E-state index is 0.320. The average Bonchev–Trinajstić information content (AvgIpc) is 2.47. The van der Waals surface area contributed by atoms with Gasteiger partial charge in [0.15, 0.2) is 5.13 Å². The Morgan fingerprint density at radius 1 is 1.67 bits per heavy atom. The van der Waals surface area contributed by atoms with E-state index in [9.17, 15) is 18.0 Å². The van der Waals surface area contributed by atoms with E-state index in [2.05, 4.69) is 10.3 Å². The van der Waals surface area contributed by atoms with Gasteiger partial charge in [-0.15, -0.1) is 11.3 Å². The molecule has 0 unspecified atom stereocenters. The Kier molecular flexibility index (Phi) is 3.97. The molecule has 1 aromatic rings. The zero-order valence-electron chi connectivity index (χ0n) is 7.59. The number of thiazole rings is 1. The predicted molar refractivity (Wildman–Crippen MR) is 54.0 cm³/mol. The second-order valence-corrected chi connectivity index (χ2v) is 4.83. The molecule has 1 amide bonds. The summed E-state index contributed by atoms with van der Waals surface area (Å²) >= 11 is 0.848. The molecular formula is C7H7F3N2OS2. The van der Waals surface area contributed by atoms with Crippen LogP contribution in [0.25, 0.3) is 0 Å². The fourth-order valence-electron chi connectivity index (χ4n) is 0.715. The molecule has 1 rings (SSSR count). The molecule has 0 aliphatic rings. The number of alkyl halides is 3. The molecule has 15 heavy (non-hydrogen) atoms. The number of rotatable bonds is 3. The van der Waals surface area contributed by atoms with Crippen molar-refractivity contribution in [3.8, 4) is 0 Å². The van der Waals surface area contributed by atoms with Crippen molar-refractivity contribution in [3.63, 3.8) is 0 Å². The number of aryl methyl sites for hydroxylation is 1. The van der Waals surface area contributed by atoms with Crippen LogP contribution in [0.15, 0.2) is 6.20 Å². The first kappa shape index (κ1) is 12.3. The number of hydrogen-bond donors (Lipinski definition) is 1. The minimum atomic E-state index is -4.38. The smallest absolute Gasteiger partial charge is 0.301 e. The Balaban J connectivity index is 2.37. The van der Waals surface area contributed by atoms with E-state index in [1.807, 2.05) is 0 Å². The van der Waals surface area contributed by atoms with Crippen molar-refractivity contribution in [1.29, 1.82) is 0 Å². The normalized spacial score (nSPS) is 11.5. The first-order valence-electron chi connectivity index (χ1n) is 3.80. The van der Waals surface area contributed by atoms with Gasteiger partial charge >= 0.3 is 5.51 Å². The summed E-state index contributed by atoms with van der Waals surface area (Å²) in [5, 5.41) is 2.60. The van der Waals surface area contributed by atoms with Crippen LogP contribution in [-0.4, -0.2) is 22.2 Å². The summed E-state index contributed by atoms with van der Waals surface area (Å²) in [6.07, 6.45) is 1.54. The van der Waals surface area contributed by atoms with E-state index in [1.165, 1.54) is 17.5 Å². The van der Waals surface area contributed by atoms with Gasteiger partial charge in [0.25, 0.3) is 0 Å². The van der Waals surface area contributed by atoms with E-state index < -0.39 is 17.2 Å². The van der Waals surface area contributed by atoms with Gasteiger partial charge in [-0.2, -0.15) is 13.2 Å². The Bertz CT molecular complexity index is 350. The lowest BCUT2D eigenvalue weighted by Gasteiger charge is -2.04. The third kappa shape index (κ3) is 5.03. The van der Waals surface area contributed by atoms with Crippen LogP contribution < -0.4 is 5.32 Å². The fourth-order valence-corrected chi connectivity index (χ4v) is 1.76. The van der Waals surface area contributed by atoms with Gasteiger partial charge in [0.05, 0.1) is 5.75 Å². The van der Waals surface area contributed by atoms with Crippen molar-refractivity contribution >= 4 is 34.1 Å². The zero-order valence-corrected chi connectivity index (χ0v) is 9.22. The molecule has 0 spiro atoms. The Morgan fingerprint density at radius 2 is 2.33 bits per heavy atom. The molecule has 0 atom stereocenters. The number of carbonyl (C=O) groups is 1. The second-order valence-electron chi connectivity index (χ2n) is 2.56. The molecule has 0 fully saturated rings. The Labute approximate surface area is 92.1 Å². The van der Waals surface area contributed by atoms with Crippen LogP contribution in [0.2, 0.25) is 0 Å². The van der Waals surface area contributed by atoms with Gasteiger partial charge in [-0.05, 0) is 18.7 Å². The van der Waals surface area contributed by atoms with E-state index >= 15 is 0 Å². The van der Waals surface area contributed by atoms with Gasteiger partial charge in [-0.25, -0.2) is 4.98 Å². The van der Waals surface area contributed by atoms with Crippen LogP contribution in [0, 0.1) is 6.92 Å². The quantitative estimate of drug-likeness (QED) is 0.904. The maximum absolute atomic E-state index is 11.7. The van der Waals surface area contributed by atoms with Crippen LogP contribution in [0.1, 0.15) is 4.88 Å². The maximum atomic E-state index is 11.7. The monoisotopic (exact) mass is 256 g/mol. The standard InChI is InChI=1S/C7H7F3N2OS2/c1-4-2-11-6(15-4)12-5(13)3-14-7(8,9)10/h2H,3H2,1H3,(H,11,12,13). The first-order valence-corrected chi connectivity index (χ1v) is 5.60. The molecule has 1 aromatic heterocycles. The lowest BCUT2D eigenvalue weighted by atomic mass is 10.6. The van der Waals surface area contributed by atoms with E-state index in [4.69, 9.17) is 0 Å². The first-order chi connectivity index (χ1) is 6.87. The molecule has 84 valence electrons. The topological polar surface area (TPSA) is 42.0 Å². The number of thioether (sulfide) groups is 1. The van der Waals surface area contributed by atoms with Crippen LogP contribution >= 0.6 is 23.1 Å². The number of amides is 1. The second kappa shape index (κ2) is 4.84. The summed E-state index contributed by atoms with van der Waals surface area (Å²) < 4.78 is 35.2. The summed E-state index contributed by atoms with van der Waals surface area (Å²) in [7, 11) is 0. The maximum Gasteiger partial charge on any atom is 0.442 e. The van der Waals surface area contributed by atoms with Crippen molar-refractivity contribution in [2.24, 2.45) is 0 Å². The molecule has 0 bridgehead atoms. The number of halogens is 3. The number of nitrogens with one attached hydrogen (secondary N) is 1. The Morgan fingerprint density at radius 3 is 2.80 bits per heavy atom. The molecule has 0 aromatic carbocycles. The number of carbonyl (C=O) groups excluding carboxylic acids is 1. The van der Waals surface area contributed by atoms with E-state index in [-0.39, 0.29) is 11.8 Å². The zero-order chi connectivity index (χ0) is 11.5. The van der Waals surface area contributed by atoms with E-state index in [0.29, 0.717) is 5.13 Å². The molecule has 0 radical (unpaired) electrons. The lowest BCUT2D eigenvalue weighted by molar-refractivity contribution is -0.114. The van der Waals surface area contributed by atoms with Crippen molar-refractivity contribution in [1.82, 2.24) is 4.98 Å². The van der Waals surface area contributed by atoms with Gasteiger partial charge in [-0.3, -0.25) is 4.79 Å². The number of nitrogens with zero attached hydrogens (tertiary/aromatic N) is 1. The molecule has 0 saturated carbocycles. The number of hydrogen-bond acceptors (Lipinski definition) is 4. The molecule has 1 N–H and O–H groups in total. The van der Waals surface area contributed by atoms with Gasteiger partial charge in [0.2, 0.25) is 5.91 Å². The van der Waals surface area contributed by atoms with Crippen LogP contribution in [0.4, 0.5) is 18.3 Å². The minimum Gasteiger partial charge on any atom is -0.301 e. The third-order valence-corrected chi connectivity index (χ3v) is 2.80. The van der Waals surface area contributed by atoms with Crippen molar-refractivity contribution in [2.75, 3.05) is 11.1 Å². The highest BCUT2D eigenvalue weighted by Gasteiger charge is 2.29. The van der Waals surface area contributed by atoms with E-state index in [0.717, 1.165) is 4.88 Å². The molecule has 3 nitrogen and oxygen atoms in total. The summed E-state index contributed by atoms with van der Waals surface area (Å²) in [6, 6.07) is 0. The molecule has 1 heterocycles. The van der Waals surface area contributed by atoms with Crippen LogP contribution in [0.5, 0.6) is 0 Å². The van der Waals surface area contributed by atoms with Crippen LogP contribution in [-0.2, 0) is 4.79 Å². The Hall–Kier alpha value is -0.760. The highest BCUT2D eigenvalue weighted by molar-refractivity contribution is 8.00. The lowest BCUT2D eigenvalue weighted by Crippen LogP contribution is -2.16. The molecule has 0 aliphatic carbocycles. The molecular weight excluding hydrogens is 249 g/mol. The molecule has 0 saturated heterocycles. The SMILES string of the molecule is Cc1cnc(NC(=O)CSC(F)(F)F)s1. The summed E-state index contributed by atoms with van der Waals surface area (Å²) in [4.78, 5) is 15.7. The fraction of sp³-hybridized carbons (Fsp3) is 0.429. The number of anilines is 1. The summed E-state index contributed by atoms with van der Waals surface area (Å²) in [6.45, 7) is 1.79. The van der Waals surface area contributed by atoms with Gasteiger partial charge in [0.1, 0.15) is 0 Å². The predicted octanol–water partition coefficient (Wildman–Crippen LogP) is 2.64. The average molecular weight is 256 g/mol. The van der Waals surface area contributed by atoms with Gasteiger partial charge < -0.3 is 5.32 Å². The number of aromatic nitrogens is 1. The highest BCUT2D eigenvalue weighted by atomic mass is 32.2. The van der Waals surface area contributed by atoms with Gasteiger partial charge in [0, 0.05) is 11.1 Å². The van der Waals surface area contributed by atoms with Crippen molar-refractivity contribution in [3.05, 3.63) is 11.1 Å². The van der Waals surface area contributed by atoms with E-state index in [1.54, 1.807) is 6.92 Å². The highest BCUT2D eigenvalue weighted by Crippen LogP contribution is 2.30. The summed E-state index contributed by atoms with van der Waals surface area (Å²) in [5.41, 5.74) is -4.38.